The lowest BCUT2D eigenvalue weighted by molar-refractivity contribution is 1.33. The maximum atomic E-state index is 2.53. The van der Waals surface area contributed by atoms with E-state index in [2.05, 4.69) is 144 Å². The standard InChI is InChI=1S/C36H26PS2/c1-4-12-27(13-5-1)37(28-14-6-2-7-15-28,29-16-8-3-9-17-29)25-26-20-21-32-33(24-26)35-31-19-11-10-18-30(31)34(32)36(35)38-22-23-39-36/h1-24H,25H2/q+1. The molecule has 0 nitrogen and oxygen atoms in total. The molecule has 3 heteroatoms. The van der Waals surface area contributed by atoms with Crippen LogP contribution in [0.4, 0.5) is 0 Å². The third kappa shape index (κ3) is 3.39. The molecule has 1 aliphatic heterocycles. The second kappa shape index (κ2) is 9.14. The molecule has 5 aromatic rings. The van der Waals surface area contributed by atoms with Crippen LogP contribution in [0.2, 0.25) is 0 Å². The van der Waals surface area contributed by atoms with Crippen molar-refractivity contribution in [1.29, 1.82) is 0 Å². The van der Waals surface area contributed by atoms with Crippen LogP contribution >= 0.6 is 30.8 Å². The molecule has 1 spiro atoms. The lowest BCUT2D eigenvalue weighted by Crippen LogP contribution is -2.33. The van der Waals surface area contributed by atoms with Crippen molar-refractivity contribution < 1.29 is 0 Å². The van der Waals surface area contributed by atoms with Crippen LogP contribution in [-0.4, -0.2) is 4.08 Å². The summed E-state index contributed by atoms with van der Waals surface area (Å²) in [5.41, 5.74) is 7.22. The quantitative estimate of drug-likeness (QED) is 0.226. The zero-order chi connectivity index (χ0) is 25.9. The molecule has 3 aliphatic rings. The van der Waals surface area contributed by atoms with Gasteiger partial charge in [-0.1, -0.05) is 91.0 Å². The van der Waals surface area contributed by atoms with Gasteiger partial charge in [-0.2, -0.15) is 0 Å². The van der Waals surface area contributed by atoms with Crippen molar-refractivity contribution in [3.05, 3.63) is 171 Å². The average Bonchev–Trinajstić information content (AvgIpc) is 3.68. The molecule has 2 aliphatic carbocycles. The summed E-state index contributed by atoms with van der Waals surface area (Å²) in [5.74, 6) is 0. The monoisotopic (exact) mass is 553 g/mol. The molecular formula is C36H26PS2+. The molecular weight excluding hydrogens is 528 g/mol. The van der Waals surface area contributed by atoms with Crippen LogP contribution in [0.25, 0.3) is 11.1 Å². The Morgan fingerprint density at radius 3 is 1.46 bits per heavy atom. The Hall–Kier alpha value is -3.29. The highest BCUT2D eigenvalue weighted by Crippen LogP contribution is 2.64. The van der Waals surface area contributed by atoms with Crippen molar-refractivity contribution in [2.24, 2.45) is 0 Å². The fraction of sp³-hybridized carbons (Fsp3) is 0.0556. The Kier molecular flexibility index (Phi) is 5.52. The van der Waals surface area contributed by atoms with Crippen LogP contribution in [0.1, 0.15) is 16.7 Å². The molecule has 0 aromatic heterocycles. The molecule has 0 unspecified atom stereocenters. The van der Waals surface area contributed by atoms with Crippen LogP contribution in [0, 0.1) is 0 Å². The van der Waals surface area contributed by atoms with Gasteiger partial charge < -0.3 is 0 Å². The van der Waals surface area contributed by atoms with Crippen molar-refractivity contribution in [2.45, 2.75) is 10.2 Å². The van der Waals surface area contributed by atoms with E-state index in [1.807, 2.05) is 23.5 Å². The van der Waals surface area contributed by atoms with Gasteiger partial charge in [0.25, 0.3) is 0 Å². The maximum absolute atomic E-state index is 2.53. The molecule has 0 saturated carbocycles. The fourth-order valence-electron chi connectivity index (χ4n) is 6.71. The smallest absolute Gasteiger partial charge is 0.106 e. The topological polar surface area (TPSA) is 0 Å². The molecule has 1 heterocycles. The number of fused-ring (bicyclic) bond motifs is 4. The van der Waals surface area contributed by atoms with E-state index >= 15 is 0 Å². The van der Waals surface area contributed by atoms with Crippen molar-refractivity contribution in [3.63, 3.8) is 0 Å². The normalized spacial score (nSPS) is 16.1. The maximum Gasteiger partial charge on any atom is 0.121 e. The first-order valence-corrected chi connectivity index (χ1v) is 17.1. The fourth-order valence-corrected chi connectivity index (χ4v) is 13.7. The molecule has 0 atom stereocenters. The summed E-state index contributed by atoms with van der Waals surface area (Å²) in [6.45, 7) is 0. The van der Waals surface area contributed by atoms with Crippen LogP contribution in [-0.2, 0) is 6.16 Å². The van der Waals surface area contributed by atoms with Crippen molar-refractivity contribution in [2.75, 3.05) is 0 Å². The molecule has 2 bridgehead atoms. The van der Waals surface area contributed by atoms with Gasteiger partial charge in [0.15, 0.2) is 0 Å². The number of hydrogen-bond donors (Lipinski definition) is 0. The summed E-state index contributed by atoms with van der Waals surface area (Å²) in [7, 11) is -1.96. The van der Waals surface area contributed by atoms with Gasteiger partial charge in [-0.15, -0.1) is 23.5 Å². The van der Waals surface area contributed by atoms with Crippen LogP contribution in [0.5, 0.6) is 0 Å². The number of thioether (sulfide) groups is 2. The van der Waals surface area contributed by atoms with Gasteiger partial charge in [-0.3, -0.25) is 0 Å². The highest BCUT2D eigenvalue weighted by atomic mass is 32.2. The lowest BCUT2D eigenvalue weighted by Gasteiger charge is -2.28. The van der Waals surface area contributed by atoms with Gasteiger partial charge in [-0.05, 0) is 91.6 Å². The third-order valence-electron chi connectivity index (χ3n) is 8.28. The minimum Gasteiger partial charge on any atom is -0.106 e. The molecule has 39 heavy (non-hydrogen) atoms. The summed E-state index contributed by atoms with van der Waals surface area (Å²) in [5, 5.41) is 11.7. The molecule has 0 fully saturated rings. The number of rotatable bonds is 5. The Balaban J connectivity index is 1.38. The van der Waals surface area contributed by atoms with Crippen molar-refractivity contribution in [3.8, 4) is 0 Å². The zero-order valence-corrected chi connectivity index (χ0v) is 23.9. The lowest BCUT2D eigenvalue weighted by atomic mass is 9.98. The average molecular weight is 554 g/mol. The molecule has 5 aromatic carbocycles. The highest BCUT2D eigenvalue weighted by molar-refractivity contribution is 8.25. The Labute approximate surface area is 238 Å². The second-order valence-electron chi connectivity index (χ2n) is 10.3. The van der Waals surface area contributed by atoms with Crippen LogP contribution < -0.4 is 26.4 Å². The van der Waals surface area contributed by atoms with E-state index in [1.165, 1.54) is 54.2 Å². The van der Waals surface area contributed by atoms with E-state index in [9.17, 15) is 0 Å². The molecule has 0 saturated heterocycles. The summed E-state index contributed by atoms with van der Waals surface area (Å²) in [6.07, 6.45) is 0.994. The van der Waals surface area contributed by atoms with E-state index in [0.29, 0.717) is 0 Å². The second-order valence-corrected chi connectivity index (χ2v) is 16.3. The minimum absolute atomic E-state index is 0.0326. The van der Waals surface area contributed by atoms with E-state index in [4.69, 9.17) is 0 Å². The number of hydrogen-bond acceptors (Lipinski definition) is 2. The van der Waals surface area contributed by atoms with Crippen LogP contribution in [0.15, 0.2) is 144 Å². The predicted molar refractivity (Wildman–Crippen MR) is 173 cm³/mol. The Morgan fingerprint density at radius 1 is 0.487 bits per heavy atom. The van der Waals surface area contributed by atoms with Gasteiger partial charge in [0.05, 0.1) is 6.16 Å². The Bertz CT molecular complexity index is 1770. The summed E-state index contributed by atoms with van der Waals surface area (Å²) in [6, 6.07) is 50.0. The summed E-state index contributed by atoms with van der Waals surface area (Å²) in [4.78, 5) is 0. The van der Waals surface area contributed by atoms with Crippen LogP contribution in [0.3, 0.4) is 0 Å². The van der Waals surface area contributed by atoms with Gasteiger partial charge >= 0.3 is 0 Å². The first-order chi connectivity index (χ1) is 19.3. The van der Waals surface area contributed by atoms with Crippen molar-refractivity contribution in [1.82, 2.24) is 0 Å². The minimum atomic E-state index is -1.96. The van der Waals surface area contributed by atoms with E-state index < -0.39 is 7.26 Å². The van der Waals surface area contributed by atoms with E-state index in [0.717, 1.165) is 6.16 Å². The summed E-state index contributed by atoms with van der Waals surface area (Å²) < 4.78 is -0.0326. The molecule has 0 radical (unpaired) electrons. The molecule has 8 rings (SSSR count). The first-order valence-electron chi connectivity index (χ1n) is 13.4. The van der Waals surface area contributed by atoms with Gasteiger partial charge in [0, 0.05) is 0 Å². The zero-order valence-electron chi connectivity index (χ0n) is 21.3. The van der Waals surface area contributed by atoms with Crippen molar-refractivity contribution >= 4 is 57.8 Å². The van der Waals surface area contributed by atoms with E-state index in [-0.39, 0.29) is 4.08 Å². The molecule has 186 valence electrons. The SMILES string of the molecule is C1=CSC2(S1)C1=c3ccc(C[P+](c4ccccc4)(c4ccccc4)c4ccccc4)cc3=C2c2ccccc21. The third-order valence-corrected chi connectivity index (χ3v) is 15.4. The Morgan fingerprint density at radius 2 is 0.949 bits per heavy atom. The van der Waals surface area contributed by atoms with Gasteiger partial charge in [0.1, 0.15) is 27.3 Å². The largest absolute Gasteiger partial charge is 0.121 e. The van der Waals surface area contributed by atoms with E-state index in [1.54, 1.807) is 0 Å². The van der Waals surface area contributed by atoms with Gasteiger partial charge in [-0.25, -0.2) is 0 Å². The highest BCUT2D eigenvalue weighted by Gasteiger charge is 2.52. The predicted octanol–water partition coefficient (Wildman–Crippen LogP) is 6.55. The number of benzene rings is 5. The first kappa shape index (κ1) is 23.6. The van der Waals surface area contributed by atoms with Gasteiger partial charge in [0.2, 0.25) is 0 Å². The molecule has 0 amide bonds. The summed E-state index contributed by atoms with van der Waals surface area (Å²) >= 11 is 3.94. The molecule has 0 N–H and O–H groups in total.